The molecular weight excluding hydrogens is 463 g/mol. The first-order valence-corrected chi connectivity index (χ1v) is 10.7. The molecule has 2 N–H and O–H groups in total. The number of nitrogens with one attached hydrogen (secondary N) is 1. The van der Waals surface area contributed by atoms with E-state index in [1.54, 1.807) is 6.07 Å². The van der Waals surface area contributed by atoms with Gasteiger partial charge in [0, 0.05) is 0 Å². The van der Waals surface area contributed by atoms with Crippen molar-refractivity contribution in [2.24, 2.45) is 0 Å². The van der Waals surface area contributed by atoms with E-state index >= 15 is 0 Å². The summed E-state index contributed by atoms with van der Waals surface area (Å²) in [6.45, 7) is 5.14. The fraction of sp³-hybridized carbons (Fsp3) is 0.348. The number of aromatic hydroxyl groups is 1. The maximum absolute atomic E-state index is 13.9. The van der Waals surface area contributed by atoms with Crippen LogP contribution in [-0.4, -0.2) is 30.4 Å². The van der Waals surface area contributed by atoms with Gasteiger partial charge in [0.1, 0.15) is 43.3 Å². The van der Waals surface area contributed by atoms with Crippen molar-refractivity contribution in [2.45, 2.75) is 38.8 Å². The molecule has 1 aliphatic heterocycles. The molecule has 33 heavy (non-hydrogen) atoms. The molecule has 0 amide bonds. The van der Waals surface area contributed by atoms with Gasteiger partial charge in [-0.25, -0.2) is 0 Å². The number of hydrogen-bond acceptors (Lipinski definition) is 5. The number of phenols is 1. The Morgan fingerprint density at radius 3 is 2.45 bits per heavy atom. The first-order chi connectivity index (χ1) is 15.5. The smallest absolute Gasteiger partial charge is 0.453 e. The van der Waals surface area contributed by atoms with Crippen LogP contribution in [0.25, 0.3) is 11.0 Å². The largest absolute Gasteiger partial charge is 0.507 e. The fourth-order valence-corrected chi connectivity index (χ4v) is 4.33. The summed E-state index contributed by atoms with van der Waals surface area (Å²) in [5.41, 5.74) is -1.21. The maximum atomic E-state index is 13.9. The van der Waals surface area contributed by atoms with Gasteiger partial charge in [0.15, 0.2) is 5.58 Å². The Labute approximate surface area is 192 Å². The van der Waals surface area contributed by atoms with Gasteiger partial charge in [-0.05, 0) is 38.1 Å². The molecule has 4 rings (SSSR count). The summed E-state index contributed by atoms with van der Waals surface area (Å²) in [7, 11) is 0. The lowest BCUT2D eigenvalue weighted by atomic mass is 10.1. The van der Waals surface area contributed by atoms with Crippen LogP contribution in [0.3, 0.4) is 0 Å². The number of phenolic OH excluding ortho intramolecular Hbond substituents is 1. The Bertz CT molecular complexity index is 1230. The van der Waals surface area contributed by atoms with Crippen LogP contribution in [0.2, 0.25) is 5.02 Å². The Kier molecular flexibility index (Phi) is 6.30. The Morgan fingerprint density at radius 1 is 1.15 bits per heavy atom. The summed E-state index contributed by atoms with van der Waals surface area (Å²) >= 11 is 6.00. The van der Waals surface area contributed by atoms with Crippen LogP contribution in [0.4, 0.5) is 13.2 Å². The number of halogens is 4. The number of fused-ring (bicyclic) bond motifs is 1. The summed E-state index contributed by atoms with van der Waals surface area (Å²) < 4.78 is 58.0. The van der Waals surface area contributed by atoms with Gasteiger partial charge in [0.05, 0.1) is 16.0 Å². The predicted octanol–water partition coefficient (Wildman–Crippen LogP) is 4.16. The molecular formula is C23H22ClF3NO5+. The summed E-state index contributed by atoms with van der Waals surface area (Å²) in [5.74, 6) is -2.97. The molecule has 3 atom stereocenters. The van der Waals surface area contributed by atoms with Crippen molar-refractivity contribution in [1.29, 1.82) is 0 Å². The van der Waals surface area contributed by atoms with Crippen LogP contribution in [0, 0.1) is 0 Å². The van der Waals surface area contributed by atoms with E-state index in [1.165, 1.54) is 30.3 Å². The molecule has 2 heterocycles. The summed E-state index contributed by atoms with van der Waals surface area (Å²) in [6.07, 6.45) is -5.15. The minimum atomic E-state index is -5.03. The minimum Gasteiger partial charge on any atom is -0.507 e. The molecule has 6 nitrogen and oxygen atoms in total. The first-order valence-electron chi connectivity index (χ1n) is 10.3. The van der Waals surface area contributed by atoms with E-state index in [0.717, 1.165) is 4.90 Å². The molecule has 1 unspecified atom stereocenters. The van der Waals surface area contributed by atoms with Gasteiger partial charge >= 0.3 is 6.18 Å². The molecule has 0 radical (unpaired) electrons. The van der Waals surface area contributed by atoms with E-state index in [1.807, 2.05) is 13.8 Å². The third-order valence-corrected chi connectivity index (χ3v) is 5.76. The average Bonchev–Trinajstić information content (AvgIpc) is 2.72. The second-order valence-electron chi connectivity index (χ2n) is 8.15. The summed E-state index contributed by atoms with van der Waals surface area (Å²) in [6, 6.07) is 8.36. The lowest BCUT2D eigenvalue weighted by molar-refractivity contribution is -0.928. The zero-order chi connectivity index (χ0) is 23.9. The van der Waals surface area contributed by atoms with E-state index in [-0.39, 0.29) is 51.8 Å². The summed E-state index contributed by atoms with van der Waals surface area (Å²) in [5, 5.41) is 10.4. The highest BCUT2D eigenvalue weighted by Crippen LogP contribution is 2.40. The van der Waals surface area contributed by atoms with Crippen molar-refractivity contribution >= 4 is 22.6 Å². The third kappa shape index (κ3) is 4.80. The van der Waals surface area contributed by atoms with Gasteiger partial charge in [0.25, 0.3) is 5.76 Å². The van der Waals surface area contributed by atoms with Crippen LogP contribution in [0.5, 0.6) is 17.2 Å². The highest BCUT2D eigenvalue weighted by atomic mass is 35.5. The van der Waals surface area contributed by atoms with Gasteiger partial charge in [-0.3, -0.25) is 4.79 Å². The highest BCUT2D eigenvalue weighted by Gasteiger charge is 2.41. The normalized spacial score (nSPS) is 21.3. The van der Waals surface area contributed by atoms with Gasteiger partial charge in [-0.2, -0.15) is 13.2 Å². The number of benzene rings is 2. The molecule has 3 aromatic rings. The van der Waals surface area contributed by atoms with Crippen LogP contribution < -0.4 is 15.1 Å². The van der Waals surface area contributed by atoms with Crippen molar-refractivity contribution in [3.8, 4) is 17.2 Å². The quantitative estimate of drug-likeness (QED) is 0.582. The Hall–Kier alpha value is -2.75. The van der Waals surface area contributed by atoms with Crippen molar-refractivity contribution in [3.05, 3.63) is 63.0 Å². The number of alkyl halides is 3. The molecule has 176 valence electrons. The molecule has 1 saturated heterocycles. The van der Waals surface area contributed by atoms with Crippen LogP contribution >= 0.6 is 11.6 Å². The average molecular weight is 485 g/mol. The standard InChI is InChI=1S/C23H21ClF3NO5/c1-12-9-28(10-13(2)31-12)11-15-17(29)8-7-14-19(30)21(22(23(25,26)27)33-20(14)15)32-18-6-4-3-5-16(18)24/h3-8,12-13,29H,9-11H2,1-2H3/p+1/t12-,13+. The van der Waals surface area contributed by atoms with Crippen molar-refractivity contribution in [2.75, 3.05) is 13.1 Å². The van der Waals surface area contributed by atoms with Gasteiger partial charge in [-0.1, -0.05) is 23.7 Å². The van der Waals surface area contributed by atoms with E-state index in [0.29, 0.717) is 13.1 Å². The van der Waals surface area contributed by atoms with Gasteiger partial charge in [0.2, 0.25) is 11.2 Å². The van der Waals surface area contributed by atoms with Crippen LogP contribution in [0.1, 0.15) is 25.2 Å². The van der Waals surface area contributed by atoms with Crippen molar-refractivity contribution in [1.82, 2.24) is 0 Å². The third-order valence-electron chi connectivity index (χ3n) is 5.45. The molecule has 0 saturated carbocycles. The number of para-hydroxylation sites is 1. The van der Waals surface area contributed by atoms with Crippen LogP contribution in [0.15, 0.2) is 45.6 Å². The first kappa shape index (κ1) is 23.4. The monoisotopic (exact) mass is 484 g/mol. The number of ether oxygens (including phenoxy) is 2. The molecule has 0 spiro atoms. The lowest BCUT2D eigenvalue weighted by Gasteiger charge is -2.32. The Morgan fingerprint density at radius 2 is 1.82 bits per heavy atom. The molecule has 2 aromatic carbocycles. The minimum absolute atomic E-state index is 0.0377. The highest BCUT2D eigenvalue weighted by molar-refractivity contribution is 6.32. The predicted molar refractivity (Wildman–Crippen MR) is 115 cm³/mol. The SMILES string of the molecule is C[C@@H]1C[NH+](Cc2c(O)ccc3c(=O)c(Oc4ccccc4Cl)c(C(F)(F)F)oc23)C[C@H](C)O1. The fourth-order valence-electron chi connectivity index (χ4n) is 4.16. The zero-order valence-corrected chi connectivity index (χ0v) is 18.6. The Balaban J connectivity index is 1.87. The van der Waals surface area contributed by atoms with E-state index in [9.17, 15) is 23.1 Å². The summed E-state index contributed by atoms with van der Waals surface area (Å²) in [4.78, 5) is 14.1. The number of hydrogen-bond donors (Lipinski definition) is 2. The topological polar surface area (TPSA) is 73.3 Å². The van der Waals surface area contributed by atoms with Crippen LogP contribution in [-0.2, 0) is 17.5 Å². The molecule has 1 aromatic heterocycles. The second kappa shape index (κ2) is 8.89. The van der Waals surface area contributed by atoms with Crippen molar-refractivity contribution < 1.29 is 37.1 Å². The maximum Gasteiger partial charge on any atom is 0.453 e. The van der Waals surface area contributed by atoms with Gasteiger partial charge < -0.3 is 23.9 Å². The zero-order valence-electron chi connectivity index (χ0n) is 17.8. The second-order valence-corrected chi connectivity index (χ2v) is 8.56. The van der Waals surface area contributed by atoms with Crippen molar-refractivity contribution in [3.63, 3.8) is 0 Å². The number of quaternary nitrogens is 1. The molecule has 1 aliphatic rings. The molecule has 0 bridgehead atoms. The molecule has 1 fully saturated rings. The molecule has 10 heteroatoms. The van der Waals surface area contributed by atoms with Gasteiger partial charge in [-0.15, -0.1) is 0 Å². The number of morpholine rings is 1. The molecule has 0 aliphatic carbocycles. The van der Waals surface area contributed by atoms with E-state index in [4.69, 9.17) is 25.5 Å². The number of rotatable bonds is 4. The lowest BCUT2D eigenvalue weighted by Crippen LogP contribution is -3.14. The van der Waals surface area contributed by atoms with E-state index in [2.05, 4.69) is 0 Å². The van der Waals surface area contributed by atoms with E-state index < -0.39 is 23.1 Å².